The molecule has 0 bridgehead atoms. The fourth-order valence-corrected chi connectivity index (χ4v) is 5.86. The van der Waals surface area contributed by atoms with Crippen LogP contribution in [-0.2, 0) is 0 Å². The Morgan fingerprint density at radius 3 is 1.94 bits per heavy atom. The lowest BCUT2D eigenvalue weighted by Crippen LogP contribution is -1.83. The van der Waals surface area contributed by atoms with E-state index in [0.29, 0.717) is 10.8 Å². The van der Waals surface area contributed by atoms with Gasteiger partial charge >= 0.3 is 0 Å². The van der Waals surface area contributed by atoms with Crippen molar-refractivity contribution in [3.8, 4) is 11.8 Å². The van der Waals surface area contributed by atoms with Gasteiger partial charge in [-0.1, -0.05) is 17.9 Å². The molecule has 0 N–H and O–H groups in total. The summed E-state index contributed by atoms with van der Waals surface area (Å²) >= 11 is 3.37. The van der Waals surface area contributed by atoms with E-state index in [1.165, 1.54) is 17.0 Å². The number of benzene rings is 4. The number of hydrogen-bond donors (Lipinski definition) is 0. The van der Waals surface area contributed by atoms with E-state index in [2.05, 4.69) is 55.2 Å². The summed E-state index contributed by atoms with van der Waals surface area (Å²) in [5, 5.41) is 5.89. The SMILES string of the molecule is Cc1ccc(C#Cc2ccc3cc4c(cc3c2)sc2cc3cc(F)c(F)cc3cc24)s1. The second-order valence-electron chi connectivity index (χ2n) is 7.63. The van der Waals surface area contributed by atoms with Crippen molar-refractivity contribution in [2.75, 3.05) is 0 Å². The second kappa shape index (κ2) is 6.88. The third-order valence-electron chi connectivity index (χ3n) is 5.50. The normalized spacial score (nSPS) is 11.5. The Kier molecular flexibility index (Phi) is 4.11. The third kappa shape index (κ3) is 3.18. The molecule has 6 rings (SSSR count). The van der Waals surface area contributed by atoms with Gasteiger partial charge < -0.3 is 0 Å². The molecule has 0 amide bonds. The molecule has 2 heterocycles. The summed E-state index contributed by atoms with van der Waals surface area (Å²) in [7, 11) is 0. The van der Waals surface area contributed by atoms with E-state index in [1.54, 1.807) is 22.7 Å². The van der Waals surface area contributed by atoms with Gasteiger partial charge in [0.15, 0.2) is 11.6 Å². The first-order valence-electron chi connectivity index (χ1n) is 9.81. The largest absolute Gasteiger partial charge is 0.204 e. The van der Waals surface area contributed by atoms with Gasteiger partial charge in [0.25, 0.3) is 0 Å². The summed E-state index contributed by atoms with van der Waals surface area (Å²) in [6, 6.07) is 21.2. The minimum atomic E-state index is -0.816. The van der Waals surface area contributed by atoms with Crippen LogP contribution in [0.5, 0.6) is 0 Å². The van der Waals surface area contributed by atoms with Crippen molar-refractivity contribution in [3.05, 3.63) is 93.7 Å². The molecule has 0 spiro atoms. The van der Waals surface area contributed by atoms with Crippen LogP contribution in [0.4, 0.5) is 8.78 Å². The molecule has 31 heavy (non-hydrogen) atoms. The van der Waals surface area contributed by atoms with E-state index in [4.69, 9.17) is 0 Å². The molecule has 2 aromatic heterocycles. The summed E-state index contributed by atoms with van der Waals surface area (Å²) in [4.78, 5) is 2.32. The van der Waals surface area contributed by atoms with E-state index in [1.807, 2.05) is 18.2 Å². The summed E-state index contributed by atoms with van der Waals surface area (Å²) < 4.78 is 29.6. The van der Waals surface area contributed by atoms with Gasteiger partial charge in [0, 0.05) is 30.6 Å². The molecular weight excluding hydrogens is 426 g/mol. The van der Waals surface area contributed by atoms with Crippen molar-refractivity contribution in [2.24, 2.45) is 0 Å². The van der Waals surface area contributed by atoms with Gasteiger partial charge in [-0.3, -0.25) is 0 Å². The first-order valence-corrected chi connectivity index (χ1v) is 11.4. The number of hydrogen-bond acceptors (Lipinski definition) is 2. The van der Waals surface area contributed by atoms with Gasteiger partial charge in [-0.25, -0.2) is 8.78 Å². The van der Waals surface area contributed by atoms with E-state index in [-0.39, 0.29) is 0 Å². The smallest absolute Gasteiger partial charge is 0.159 e. The fourth-order valence-electron chi connectivity index (χ4n) is 3.97. The Morgan fingerprint density at radius 2 is 1.26 bits per heavy atom. The Hall–Kier alpha value is -3.26. The summed E-state index contributed by atoms with van der Waals surface area (Å²) in [6.45, 7) is 2.08. The molecule has 0 saturated carbocycles. The summed E-state index contributed by atoms with van der Waals surface area (Å²) in [5.41, 5.74) is 0.982. The van der Waals surface area contributed by atoms with Crippen LogP contribution >= 0.6 is 22.7 Å². The van der Waals surface area contributed by atoms with Gasteiger partial charge in [-0.15, -0.1) is 22.7 Å². The Balaban J connectivity index is 1.52. The minimum absolute atomic E-state index is 0.709. The average molecular weight is 441 g/mol. The van der Waals surface area contributed by atoms with Crippen molar-refractivity contribution in [1.82, 2.24) is 0 Å². The molecule has 0 unspecified atom stereocenters. The predicted octanol–water partition coefficient (Wildman–Crippen LogP) is 8.41. The van der Waals surface area contributed by atoms with Crippen LogP contribution in [0.15, 0.2) is 66.7 Å². The quantitative estimate of drug-likeness (QED) is 0.208. The van der Waals surface area contributed by atoms with Crippen LogP contribution < -0.4 is 0 Å². The molecule has 0 aliphatic carbocycles. The maximum atomic E-state index is 13.7. The van der Waals surface area contributed by atoms with Gasteiger partial charge in [0.1, 0.15) is 0 Å². The van der Waals surface area contributed by atoms with Crippen LogP contribution in [0.1, 0.15) is 15.3 Å². The van der Waals surface area contributed by atoms with Gasteiger partial charge in [0.05, 0.1) is 4.88 Å². The van der Waals surface area contributed by atoms with Gasteiger partial charge in [-0.05, 0) is 89.1 Å². The highest BCUT2D eigenvalue weighted by Gasteiger charge is 2.11. The zero-order valence-corrected chi connectivity index (χ0v) is 18.1. The monoisotopic (exact) mass is 440 g/mol. The zero-order chi connectivity index (χ0) is 21.1. The molecular formula is C27H14F2S2. The summed E-state index contributed by atoms with van der Waals surface area (Å²) in [5.74, 6) is 4.88. The molecule has 0 nitrogen and oxygen atoms in total. The number of thiophene rings is 2. The Bertz CT molecular complexity index is 1730. The maximum Gasteiger partial charge on any atom is 0.159 e. The third-order valence-corrected chi connectivity index (χ3v) is 7.53. The summed E-state index contributed by atoms with van der Waals surface area (Å²) in [6.07, 6.45) is 0. The molecule has 148 valence electrons. The Labute approximate surface area is 185 Å². The van der Waals surface area contributed by atoms with Crippen molar-refractivity contribution in [1.29, 1.82) is 0 Å². The van der Waals surface area contributed by atoms with Crippen LogP contribution in [0.2, 0.25) is 0 Å². The van der Waals surface area contributed by atoms with E-state index in [9.17, 15) is 8.78 Å². The molecule has 0 saturated heterocycles. The molecule has 0 atom stereocenters. The van der Waals surface area contributed by atoms with Crippen molar-refractivity contribution in [3.63, 3.8) is 0 Å². The number of halogens is 2. The molecule has 6 aromatic rings. The first kappa shape index (κ1) is 18.5. The van der Waals surface area contributed by atoms with E-state index in [0.717, 1.165) is 41.4 Å². The lowest BCUT2D eigenvalue weighted by molar-refractivity contribution is 0.511. The van der Waals surface area contributed by atoms with Gasteiger partial charge in [0.2, 0.25) is 0 Å². The standard InChI is InChI=1S/C27H14F2S2/c1-15-2-6-21(30-15)7-4-16-3-5-17-9-22-23-10-19-11-24(28)25(29)12-20(19)14-27(23)31-26(22)13-18(17)8-16/h2-3,5-6,8-14H,1H3. The topological polar surface area (TPSA) is 0 Å². The van der Waals surface area contributed by atoms with Crippen molar-refractivity contribution in [2.45, 2.75) is 6.92 Å². The molecule has 0 fully saturated rings. The molecule has 0 radical (unpaired) electrons. The fraction of sp³-hybridized carbons (Fsp3) is 0.0370. The highest BCUT2D eigenvalue weighted by Crippen LogP contribution is 2.39. The molecule has 0 aliphatic rings. The highest BCUT2D eigenvalue weighted by atomic mass is 32.1. The van der Waals surface area contributed by atoms with Crippen LogP contribution in [-0.4, -0.2) is 0 Å². The van der Waals surface area contributed by atoms with Crippen molar-refractivity contribution < 1.29 is 8.78 Å². The predicted molar refractivity (Wildman–Crippen MR) is 129 cm³/mol. The minimum Gasteiger partial charge on any atom is -0.204 e. The zero-order valence-electron chi connectivity index (χ0n) is 16.4. The van der Waals surface area contributed by atoms with E-state index < -0.39 is 11.6 Å². The highest BCUT2D eigenvalue weighted by molar-refractivity contribution is 7.26. The van der Waals surface area contributed by atoms with Gasteiger partial charge in [-0.2, -0.15) is 0 Å². The van der Waals surface area contributed by atoms with Crippen LogP contribution in [0.25, 0.3) is 41.7 Å². The average Bonchev–Trinajstić information content (AvgIpc) is 3.32. The second-order valence-corrected chi connectivity index (χ2v) is 10.0. The maximum absolute atomic E-state index is 13.7. The van der Waals surface area contributed by atoms with Crippen LogP contribution in [0.3, 0.4) is 0 Å². The first-order chi connectivity index (χ1) is 15.0. The lowest BCUT2D eigenvalue weighted by Gasteiger charge is -2.02. The lowest BCUT2D eigenvalue weighted by atomic mass is 10.0. The Morgan fingerprint density at radius 1 is 0.613 bits per heavy atom. The molecule has 0 aliphatic heterocycles. The van der Waals surface area contributed by atoms with Crippen LogP contribution in [0, 0.1) is 30.4 Å². The number of rotatable bonds is 0. The number of aryl methyl sites for hydroxylation is 1. The van der Waals surface area contributed by atoms with Crippen molar-refractivity contribution >= 4 is 64.4 Å². The van der Waals surface area contributed by atoms with E-state index >= 15 is 0 Å². The molecule has 4 aromatic carbocycles. The number of fused-ring (bicyclic) bond motifs is 5. The molecule has 4 heteroatoms.